The van der Waals surface area contributed by atoms with E-state index in [4.69, 9.17) is 38.8 Å². The van der Waals surface area contributed by atoms with Crippen molar-refractivity contribution in [1.82, 2.24) is 29.5 Å². The molecule has 0 saturated carbocycles. The van der Waals surface area contributed by atoms with Crippen molar-refractivity contribution in [3.63, 3.8) is 0 Å². The van der Waals surface area contributed by atoms with Crippen LogP contribution in [0.2, 0.25) is 10.0 Å². The van der Waals surface area contributed by atoms with E-state index in [0.29, 0.717) is 32.6 Å². The minimum Gasteiger partial charge on any atom is -0.475 e. The normalized spacial score (nSPS) is 16.9. The maximum Gasteiger partial charge on any atom is 0.490 e. The molecule has 13 nitrogen and oxygen atoms in total. The Hall–Kier alpha value is -3.83. The van der Waals surface area contributed by atoms with Gasteiger partial charge < -0.3 is 21.1 Å². The lowest BCUT2D eigenvalue weighted by molar-refractivity contribution is -0.192. The van der Waals surface area contributed by atoms with Crippen LogP contribution < -0.4 is 16.0 Å². The molecule has 0 aromatic carbocycles. The number of nitrogens with one attached hydrogen (secondary N) is 1. The summed E-state index contributed by atoms with van der Waals surface area (Å²) in [6.07, 6.45) is -0.398. The van der Waals surface area contributed by atoms with E-state index in [-0.39, 0.29) is 30.2 Å². The molecule has 0 bridgehead atoms. The third kappa shape index (κ3) is 6.14. The van der Waals surface area contributed by atoms with Gasteiger partial charge in [-0.3, -0.25) is 4.79 Å². The molecule has 1 amide bonds. The number of nitrogens with two attached hydrogens (primary N) is 1. The summed E-state index contributed by atoms with van der Waals surface area (Å²) in [6, 6.07) is 2.83. The smallest absolute Gasteiger partial charge is 0.475 e. The topological polar surface area (TPSA) is 177 Å². The lowest BCUT2D eigenvalue weighted by Crippen LogP contribution is -2.53. The molecule has 4 aromatic heterocycles. The Morgan fingerprint density at radius 2 is 1.88 bits per heavy atom. The number of hydrogen-bond acceptors (Lipinski definition) is 9. The first-order valence-electron chi connectivity index (χ1n) is 12.4. The van der Waals surface area contributed by atoms with Gasteiger partial charge in [0.2, 0.25) is 0 Å². The predicted octanol–water partition coefficient (Wildman–Crippen LogP) is 3.40. The second-order valence-electron chi connectivity index (χ2n) is 10.2. The van der Waals surface area contributed by atoms with Gasteiger partial charge in [-0.1, -0.05) is 23.2 Å². The summed E-state index contributed by atoms with van der Waals surface area (Å²) < 4.78 is 59.1. The van der Waals surface area contributed by atoms with Crippen molar-refractivity contribution in [3.05, 3.63) is 51.9 Å². The van der Waals surface area contributed by atoms with Crippen LogP contribution in [0.4, 0.5) is 24.8 Å². The van der Waals surface area contributed by atoms with Gasteiger partial charge in [0, 0.05) is 31.0 Å². The third-order valence-corrected chi connectivity index (χ3v) is 9.84. The number of carbonyl (C=O) groups is 2. The fraction of sp³-hybridized carbons (Fsp3) is 0.375. The average Bonchev–Trinajstić information content (AvgIpc) is 3.45. The van der Waals surface area contributed by atoms with Crippen molar-refractivity contribution in [2.24, 2.45) is 0 Å². The molecule has 1 atom stereocenters. The summed E-state index contributed by atoms with van der Waals surface area (Å²) in [5.41, 5.74) is 7.64. The van der Waals surface area contributed by atoms with Gasteiger partial charge in [0.25, 0.3) is 5.91 Å². The van der Waals surface area contributed by atoms with E-state index in [1.165, 1.54) is 10.7 Å². The second kappa shape index (κ2) is 11.3. The van der Waals surface area contributed by atoms with Crippen LogP contribution in [0.15, 0.2) is 30.7 Å². The number of carbonyl (C=O) groups excluding carboxylic acids is 1. The molecule has 1 saturated heterocycles. The number of fused-ring (bicyclic) bond motifs is 2. The molecule has 232 valence electrons. The molecule has 0 aliphatic carbocycles. The van der Waals surface area contributed by atoms with Crippen LogP contribution in [0.25, 0.3) is 11.2 Å². The van der Waals surface area contributed by atoms with Gasteiger partial charge in [-0.25, -0.2) is 27.2 Å². The van der Waals surface area contributed by atoms with E-state index in [9.17, 15) is 26.4 Å². The Balaban J connectivity index is 0.000000541. The highest BCUT2D eigenvalue weighted by molar-refractivity contribution is 7.92. The molecule has 43 heavy (non-hydrogen) atoms. The van der Waals surface area contributed by atoms with Crippen LogP contribution in [-0.4, -0.2) is 79.4 Å². The van der Waals surface area contributed by atoms with Crippen molar-refractivity contribution in [1.29, 1.82) is 0 Å². The van der Waals surface area contributed by atoms with E-state index in [0.717, 1.165) is 0 Å². The van der Waals surface area contributed by atoms with Gasteiger partial charge in [0.05, 0.1) is 32.8 Å². The van der Waals surface area contributed by atoms with Gasteiger partial charge in [-0.2, -0.15) is 18.3 Å². The summed E-state index contributed by atoms with van der Waals surface area (Å²) in [6.45, 7) is 5.67. The fourth-order valence-corrected chi connectivity index (χ4v) is 6.46. The zero-order valence-corrected chi connectivity index (χ0v) is 25.1. The first kappa shape index (κ1) is 32.1. The zero-order valence-electron chi connectivity index (χ0n) is 22.7. The van der Waals surface area contributed by atoms with Gasteiger partial charge in [0.1, 0.15) is 16.9 Å². The summed E-state index contributed by atoms with van der Waals surface area (Å²) in [4.78, 5) is 28.4. The summed E-state index contributed by atoms with van der Waals surface area (Å²) >= 11 is 13.0. The van der Waals surface area contributed by atoms with Crippen LogP contribution >= 0.6 is 23.2 Å². The summed E-state index contributed by atoms with van der Waals surface area (Å²) in [5.74, 6) is -2.59. The molecule has 0 spiro atoms. The van der Waals surface area contributed by atoms with Crippen LogP contribution in [0.5, 0.6) is 0 Å². The molecule has 4 aromatic rings. The summed E-state index contributed by atoms with van der Waals surface area (Å²) in [5, 5.41) is 19.4. The highest BCUT2D eigenvalue weighted by Gasteiger charge is 2.42. The number of anilines is 2. The van der Waals surface area contributed by atoms with Crippen molar-refractivity contribution in [2.45, 2.75) is 37.7 Å². The predicted molar refractivity (Wildman–Crippen MR) is 152 cm³/mol. The van der Waals surface area contributed by atoms with Crippen LogP contribution in [-0.2, 0) is 14.6 Å². The van der Waals surface area contributed by atoms with Gasteiger partial charge in [-0.15, -0.1) is 5.10 Å². The lowest BCUT2D eigenvalue weighted by Gasteiger charge is -2.40. The first-order chi connectivity index (χ1) is 19.9. The van der Waals surface area contributed by atoms with E-state index in [1.807, 2.05) is 4.90 Å². The maximum absolute atomic E-state index is 13.3. The highest BCUT2D eigenvalue weighted by atomic mass is 35.5. The largest absolute Gasteiger partial charge is 0.490 e. The minimum atomic E-state index is -5.08. The van der Waals surface area contributed by atoms with E-state index < -0.39 is 38.7 Å². The van der Waals surface area contributed by atoms with E-state index >= 15 is 0 Å². The molecular formula is C24H25Cl2F3N8O5S. The molecule has 1 aliphatic rings. The molecule has 19 heteroatoms. The van der Waals surface area contributed by atoms with Crippen molar-refractivity contribution in [3.8, 4) is 0 Å². The third-order valence-electron chi connectivity index (χ3n) is 6.74. The number of aromatic nitrogens is 5. The number of alkyl halides is 3. The SMILES string of the molecule is CC(NC(=O)c1c(N)nn2cccnc12)c1cc(Cl)c2c(Cl)cnn2c1N1CCS(=O)(=O)C(C)(C)C1.O=C(O)C(F)(F)F. The number of carboxylic acids is 1. The average molecular weight is 665 g/mol. The molecule has 0 radical (unpaired) electrons. The quantitative estimate of drug-likeness (QED) is 0.293. The molecule has 1 unspecified atom stereocenters. The number of hydrogen-bond donors (Lipinski definition) is 3. The Morgan fingerprint density at radius 1 is 1.23 bits per heavy atom. The molecule has 5 heterocycles. The van der Waals surface area contributed by atoms with Gasteiger partial charge in [-0.05, 0) is 32.9 Å². The monoisotopic (exact) mass is 664 g/mol. The maximum atomic E-state index is 13.3. The molecule has 5 rings (SSSR count). The Bertz CT molecular complexity index is 1840. The van der Waals surface area contributed by atoms with Crippen LogP contribution in [0.3, 0.4) is 0 Å². The Morgan fingerprint density at radius 3 is 2.49 bits per heavy atom. The molecule has 1 fully saturated rings. The summed E-state index contributed by atoms with van der Waals surface area (Å²) in [7, 11) is -3.29. The van der Waals surface area contributed by atoms with Gasteiger partial charge in [0.15, 0.2) is 21.3 Å². The number of rotatable bonds is 4. The molecule has 1 aliphatic heterocycles. The van der Waals surface area contributed by atoms with Crippen molar-refractivity contribution in [2.75, 3.05) is 29.5 Å². The standard InChI is InChI=1S/C22H24Cl2N8O3S.C2HF3O2/c1-12(28-20(33)16-18(25)29-31-6-4-5-26-19(16)31)13-9-14(23)17-15(24)10-27-32(17)21(13)30-7-8-36(34,35)22(2,3)11-30;3-2(4,5)1(6)7/h4-6,9-10,12H,7-8,11H2,1-3H3,(H2,25,29)(H,28,33);(H,6,7). The molecule has 4 N–H and O–H groups in total. The van der Waals surface area contributed by atoms with E-state index in [1.54, 1.807) is 49.8 Å². The molecular weight excluding hydrogens is 640 g/mol. The van der Waals surface area contributed by atoms with E-state index in [2.05, 4.69) is 20.5 Å². The number of carboxylic acid groups (broad SMARTS) is 1. The first-order valence-corrected chi connectivity index (χ1v) is 14.8. The van der Waals surface area contributed by atoms with Crippen molar-refractivity contribution < 1.29 is 36.3 Å². The number of halogens is 5. The highest BCUT2D eigenvalue weighted by Crippen LogP contribution is 2.38. The fourth-order valence-electron chi connectivity index (χ4n) is 4.52. The Labute approximate surface area is 252 Å². The number of sulfone groups is 1. The minimum absolute atomic E-state index is 0.0239. The van der Waals surface area contributed by atoms with Crippen LogP contribution in [0.1, 0.15) is 42.7 Å². The number of aliphatic carboxylic acids is 1. The second-order valence-corrected chi connectivity index (χ2v) is 13.7. The van der Waals surface area contributed by atoms with Gasteiger partial charge >= 0.3 is 12.1 Å². The number of nitrogen functional groups attached to an aromatic ring is 1. The number of amides is 1. The number of pyridine rings is 1. The van der Waals surface area contributed by atoms with Crippen LogP contribution in [0, 0.1) is 0 Å². The zero-order chi connectivity index (χ0) is 32.1. The lowest BCUT2D eigenvalue weighted by atomic mass is 10.1. The Kier molecular flexibility index (Phi) is 8.47. The number of nitrogens with zero attached hydrogens (tertiary/aromatic N) is 6. The van der Waals surface area contributed by atoms with Crippen molar-refractivity contribution >= 4 is 67.7 Å².